The van der Waals surface area contributed by atoms with Gasteiger partial charge in [0, 0.05) is 18.7 Å². The largest absolute Gasteiger partial charge is 0.494 e. The minimum absolute atomic E-state index is 0.0753. The van der Waals surface area contributed by atoms with E-state index in [4.69, 9.17) is 9.47 Å². The van der Waals surface area contributed by atoms with Crippen molar-refractivity contribution in [2.24, 2.45) is 0 Å². The van der Waals surface area contributed by atoms with Crippen molar-refractivity contribution in [3.63, 3.8) is 0 Å². The molecule has 1 aliphatic rings. The Bertz CT molecular complexity index is 490. The zero-order valence-corrected chi connectivity index (χ0v) is 12.6. The topological polar surface area (TPSA) is 38.8 Å². The van der Waals surface area contributed by atoms with Crippen LogP contribution in [0.5, 0.6) is 5.75 Å². The Morgan fingerprint density at radius 2 is 2.29 bits per heavy atom. The van der Waals surface area contributed by atoms with E-state index in [2.05, 4.69) is 4.90 Å². The quantitative estimate of drug-likeness (QED) is 0.756. The van der Waals surface area contributed by atoms with Crippen molar-refractivity contribution in [2.45, 2.75) is 25.9 Å². The van der Waals surface area contributed by atoms with E-state index in [1.807, 2.05) is 6.92 Å². The molecule has 1 aliphatic heterocycles. The van der Waals surface area contributed by atoms with Gasteiger partial charge in [-0.2, -0.15) is 0 Å². The molecule has 0 spiro atoms. The molecule has 1 unspecified atom stereocenters. The molecular weight excluding hydrogens is 273 g/mol. The maximum atomic E-state index is 13.6. The summed E-state index contributed by atoms with van der Waals surface area (Å²) < 4.78 is 24.1. The number of likely N-dealkylation sites (tertiary alicyclic amines) is 1. The highest BCUT2D eigenvalue weighted by molar-refractivity contribution is 5.97. The van der Waals surface area contributed by atoms with Crippen molar-refractivity contribution in [2.75, 3.05) is 33.4 Å². The van der Waals surface area contributed by atoms with Crippen LogP contribution in [-0.4, -0.2) is 50.1 Å². The van der Waals surface area contributed by atoms with Crippen LogP contribution in [0, 0.1) is 5.82 Å². The standard InChI is InChI=1S/C16H22FNO3/c1-3-21-13-5-4-8-18(10-13)11-15(19)12-6-7-16(20-2)14(17)9-12/h6-7,9,13H,3-5,8,10-11H2,1-2H3. The molecule has 1 aromatic rings. The van der Waals surface area contributed by atoms with Crippen LogP contribution in [0.1, 0.15) is 30.1 Å². The first-order valence-corrected chi connectivity index (χ1v) is 7.34. The summed E-state index contributed by atoms with van der Waals surface area (Å²) in [6.07, 6.45) is 2.26. The number of halogens is 1. The zero-order valence-electron chi connectivity index (χ0n) is 12.6. The first-order valence-electron chi connectivity index (χ1n) is 7.34. The first-order chi connectivity index (χ1) is 10.1. The number of hydrogen-bond acceptors (Lipinski definition) is 4. The average molecular weight is 295 g/mol. The van der Waals surface area contributed by atoms with Gasteiger partial charge in [-0.05, 0) is 44.5 Å². The highest BCUT2D eigenvalue weighted by Crippen LogP contribution is 2.19. The lowest BCUT2D eigenvalue weighted by atomic mass is 10.1. The predicted octanol–water partition coefficient (Wildman–Crippen LogP) is 2.52. The fourth-order valence-electron chi connectivity index (χ4n) is 2.66. The Hall–Kier alpha value is -1.46. The second kappa shape index (κ2) is 7.52. The number of hydrogen-bond donors (Lipinski definition) is 0. The molecular formula is C16H22FNO3. The summed E-state index contributed by atoms with van der Waals surface area (Å²) in [6, 6.07) is 4.33. The Morgan fingerprint density at radius 1 is 1.48 bits per heavy atom. The lowest BCUT2D eigenvalue weighted by Gasteiger charge is -2.31. The second-order valence-corrected chi connectivity index (χ2v) is 5.23. The van der Waals surface area contributed by atoms with Gasteiger partial charge in [-0.3, -0.25) is 9.69 Å². The van der Waals surface area contributed by atoms with Crippen LogP contribution >= 0.6 is 0 Å². The van der Waals surface area contributed by atoms with Crippen molar-refractivity contribution in [3.05, 3.63) is 29.6 Å². The van der Waals surface area contributed by atoms with Crippen LogP contribution in [0.25, 0.3) is 0 Å². The molecule has 21 heavy (non-hydrogen) atoms. The minimum atomic E-state index is -0.505. The molecule has 0 saturated carbocycles. The molecule has 0 N–H and O–H groups in total. The molecule has 0 radical (unpaired) electrons. The average Bonchev–Trinajstić information content (AvgIpc) is 2.48. The van der Waals surface area contributed by atoms with Crippen LogP contribution < -0.4 is 4.74 Å². The lowest BCUT2D eigenvalue weighted by molar-refractivity contribution is 0.00718. The van der Waals surface area contributed by atoms with E-state index in [0.29, 0.717) is 18.7 Å². The fraction of sp³-hybridized carbons (Fsp3) is 0.562. The smallest absolute Gasteiger partial charge is 0.176 e. The van der Waals surface area contributed by atoms with Crippen LogP contribution in [0.3, 0.4) is 0 Å². The monoisotopic (exact) mass is 295 g/mol. The van der Waals surface area contributed by atoms with Gasteiger partial charge in [-0.15, -0.1) is 0 Å². The van der Waals surface area contributed by atoms with Gasteiger partial charge in [0.25, 0.3) is 0 Å². The Morgan fingerprint density at radius 3 is 2.95 bits per heavy atom. The van der Waals surface area contributed by atoms with Crippen LogP contribution in [0.2, 0.25) is 0 Å². The Balaban J connectivity index is 1.96. The molecule has 0 aromatic heterocycles. The van der Waals surface area contributed by atoms with Gasteiger partial charge in [0.05, 0.1) is 19.8 Å². The molecule has 1 saturated heterocycles. The number of nitrogens with zero attached hydrogens (tertiary/aromatic N) is 1. The molecule has 0 bridgehead atoms. The van der Waals surface area contributed by atoms with Gasteiger partial charge in [0.15, 0.2) is 17.3 Å². The molecule has 1 atom stereocenters. The highest BCUT2D eigenvalue weighted by atomic mass is 19.1. The lowest BCUT2D eigenvalue weighted by Crippen LogP contribution is -2.42. The van der Waals surface area contributed by atoms with Crippen molar-refractivity contribution in [1.82, 2.24) is 4.90 Å². The summed E-state index contributed by atoms with van der Waals surface area (Å²) >= 11 is 0. The molecule has 0 aliphatic carbocycles. The number of ketones is 1. The van der Waals surface area contributed by atoms with Gasteiger partial charge in [-0.1, -0.05) is 0 Å². The van der Waals surface area contributed by atoms with Crippen LogP contribution in [0.15, 0.2) is 18.2 Å². The number of ether oxygens (including phenoxy) is 2. The third-order valence-electron chi connectivity index (χ3n) is 3.71. The number of benzene rings is 1. The number of rotatable bonds is 6. The van der Waals surface area contributed by atoms with Crippen molar-refractivity contribution >= 4 is 5.78 Å². The summed E-state index contributed by atoms with van der Waals surface area (Å²) in [5.41, 5.74) is 0.381. The summed E-state index contributed by atoms with van der Waals surface area (Å²) in [7, 11) is 1.40. The summed E-state index contributed by atoms with van der Waals surface area (Å²) in [5.74, 6) is -0.427. The van der Waals surface area contributed by atoms with Gasteiger partial charge >= 0.3 is 0 Å². The third kappa shape index (κ3) is 4.25. The molecule has 2 rings (SSSR count). The van der Waals surface area contributed by atoms with E-state index in [-0.39, 0.29) is 17.6 Å². The maximum Gasteiger partial charge on any atom is 0.176 e. The van der Waals surface area contributed by atoms with E-state index >= 15 is 0 Å². The molecule has 5 heteroatoms. The van der Waals surface area contributed by atoms with E-state index in [9.17, 15) is 9.18 Å². The maximum absolute atomic E-state index is 13.6. The summed E-state index contributed by atoms with van der Waals surface area (Å²) in [5, 5.41) is 0. The normalized spacial score (nSPS) is 19.5. The fourth-order valence-corrected chi connectivity index (χ4v) is 2.66. The highest BCUT2D eigenvalue weighted by Gasteiger charge is 2.22. The van der Waals surface area contributed by atoms with Crippen molar-refractivity contribution in [1.29, 1.82) is 0 Å². The number of Topliss-reactive ketones (excluding diaryl/α,β-unsaturated/α-hetero) is 1. The van der Waals surface area contributed by atoms with E-state index < -0.39 is 5.82 Å². The van der Waals surface area contributed by atoms with E-state index in [1.165, 1.54) is 19.2 Å². The molecule has 1 fully saturated rings. The molecule has 4 nitrogen and oxygen atoms in total. The second-order valence-electron chi connectivity index (χ2n) is 5.23. The first kappa shape index (κ1) is 15.9. The van der Waals surface area contributed by atoms with E-state index in [1.54, 1.807) is 6.07 Å². The number of carbonyl (C=O) groups is 1. The van der Waals surface area contributed by atoms with E-state index in [0.717, 1.165) is 25.9 Å². The van der Waals surface area contributed by atoms with Gasteiger partial charge in [0.2, 0.25) is 0 Å². The summed E-state index contributed by atoms with van der Waals surface area (Å²) in [4.78, 5) is 14.3. The van der Waals surface area contributed by atoms with Gasteiger partial charge in [-0.25, -0.2) is 4.39 Å². The molecule has 1 heterocycles. The zero-order chi connectivity index (χ0) is 15.2. The van der Waals surface area contributed by atoms with Crippen LogP contribution in [0.4, 0.5) is 4.39 Å². The van der Waals surface area contributed by atoms with Crippen LogP contribution in [-0.2, 0) is 4.74 Å². The van der Waals surface area contributed by atoms with Gasteiger partial charge < -0.3 is 9.47 Å². The SMILES string of the molecule is CCOC1CCCN(CC(=O)c2ccc(OC)c(F)c2)C1. The molecule has 1 aromatic carbocycles. The summed E-state index contributed by atoms with van der Waals surface area (Å²) in [6.45, 7) is 4.61. The van der Waals surface area contributed by atoms with Crippen molar-refractivity contribution in [3.8, 4) is 5.75 Å². The number of piperidine rings is 1. The van der Waals surface area contributed by atoms with Gasteiger partial charge in [0.1, 0.15) is 0 Å². The van der Waals surface area contributed by atoms with Crippen molar-refractivity contribution < 1.29 is 18.7 Å². The number of methoxy groups -OCH3 is 1. The minimum Gasteiger partial charge on any atom is -0.494 e. The predicted molar refractivity (Wildman–Crippen MR) is 78.4 cm³/mol. The Labute approximate surface area is 124 Å². The third-order valence-corrected chi connectivity index (χ3v) is 3.71. The molecule has 116 valence electrons. The molecule has 0 amide bonds. The Kier molecular flexibility index (Phi) is 5.70. The number of carbonyl (C=O) groups excluding carboxylic acids is 1.